The van der Waals surface area contributed by atoms with E-state index >= 15 is 0 Å². The number of rotatable bonds is 3. The number of nitrogens with zero attached hydrogens (tertiary/aromatic N) is 1. The molecule has 0 amide bonds. The number of anilines is 3. The molecule has 0 spiro atoms. The van der Waals surface area contributed by atoms with Gasteiger partial charge in [-0.05, 0) is 64.2 Å². The lowest BCUT2D eigenvalue weighted by Crippen LogP contribution is -2.57. The number of hydrogen-bond donors (Lipinski definition) is 0. The molecule has 2 aliphatic rings. The van der Waals surface area contributed by atoms with E-state index in [1.807, 2.05) is 12.1 Å². The first-order valence-corrected chi connectivity index (χ1v) is 16.6. The maximum absolute atomic E-state index is 7.02. The Morgan fingerprint density at radius 1 is 0.429 bits per heavy atom. The van der Waals surface area contributed by atoms with Crippen molar-refractivity contribution in [3.63, 3.8) is 0 Å². The molecule has 49 heavy (non-hydrogen) atoms. The summed E-state index contributed by atoms with van der Waals surface area (Å²) in [4.78, 5) is 2.25. The topological polar surface area (TPSA) is 34.8 Å². The van der Waals surface area contributed by atoms with Crippen molar-refractivity contribution in [3.05, 3.63) is 158 Å². The van der Waals surface area contributed by atoms with Crippen LogP contribution in [-0.2, 0) is 0 Å². The van der Waals surface area contributed by atoms with Crippen LogP contribution in [0.2, 0.25) is 0 Å². The fourth-order valence-corrected chi connectivity index (χ4v) is 7.95. The fraction of sp³-hybridized carbons (Fsp3) is 0. The highest BCUT2D eigenvalue weighted by Gasteiger charge is 2.43. The lowest BCUT2D eigenvalue weighted by molar-refractivity contribution is 0.467. The highest BCUT2D eigenvalue weighted by atomic mass is 16.5. The highest BCUT2D eigenvalue weighted by Crippen LogP contribution is 2.46. The summed E-state index contributed by atoms with van der Waals surface area (Å²) in [6.07, 6.45) is 0. The molecule has 4 nitrogen and oxygen atoms in total. The van der Waals surface area contributed by atoms with Crippen LogP contribution < -0.4 is 30.8 Å². The van der Waals surface area contributed by atoms with E-state index in [0.717, 1.165) is 99.9 Å². The van der Waals surface area contributed by atoms with Crippen molar-refractivity contribution in [2.75, 3.05) is 4.90 Å². The summed E-state index contributed by atoms with van der Waals surface area (Å²) in [6, 6.07) is 55.2. The summed E-state index contributed by atoms with van der Waals surface area (Å²) >= 11 is 0. The van der Waals surface area contributed by atoms with E-state index in [2.05, 4.69) is 150 Å². The summed E-state index contributed by atoms with van der Waals surface area (Å²) in [5, 5.41) is 6.45. The molecule has 0 bridgehead atoms. The highest BCUT2D eigenvalue weighted by molar-refractivity contribution is 6.98. The van der Waals surface area contributed by atoms with Gasteiger partial charge < -0.3 is 18.8 Å². The van der Waals surface area contributed by atoms with Gasteiger partial charge >= 0.3 is 0 Å². The Balaban J connectivity index is 1.18. The van der Waals surface area contributed by atoms with Crippen molar-refractivity contribution < 1.29 is 13.9 Å². The number of fused-ring (bicyclic) bond motifs is 12. The van der Waals surface area contributed by atoms with E-state index in [1.54, 1.807) is 0 Å². The third kappa shape index (κ3) is 3.81. The van der Waals surface area contributed by atoms with Crippen LogP contribution in [0.25, 0.3) is 43.5 Å². The zero-order valence-corrected chi connectivity index (χ0v) is 26.3. The van der Waals surface area contributed by atoms with E-state index in [4.69, 9.17) is 13.9 Å². The average Bonchev–Trinajstić information content (AvgIpc) is 3.53. The Bertz CT molecular complexity index is 2740. The van der Waals surface area contributed by atoms with Crippen LogP contribution in [0.4, 0.5) is 17.1 Å². The van der Waals surface area contributed by atoms with Crippen LogP contribution in [0.1, 0.15) is 0 Å². The molecule has 5 heteroatoms. The summed E-state index contributed by atoms with van der Waals surface area (Å²) in [6.45, 7) is -0.0773. The van der Waals surface area contributed by atoms with Gasteiger partial charge in [0.15, 0.2) is 11.3 Å². The van der Waals surface area contributed by atoms with Crippen LogP contribution in [0.5, 0.6) is 23.0 Å². The van der Waals surface area contributed by atoms with Crippen molar-refractivity contribution in [1.82, 2.24) is 0 Å². The van der Waals surface area contributed by atoms with Crippen LogP contribution in [0, 0.1) is 0 Å². The first kappa shape index (κ1) is 26.6. The molecule has 11 rings (SSSR count). The Labute approximate surface area is 282 Å². The van der Waals surface area contributed by atoms with Crippen LogP contribution in [-0.4, -0.2) is 6.71 Å². The molecule has 8 aromatic carbocycles. The minimum absolute atomic E-state index is 0.0773. The van der Waals surface area contributed by atoms with Crippen molar-refractivity contribution >= 4 is 83.6 Å². The normalized spacial score (nSPS) is 12.8. The van der Waals surface area contributed by atoms with Gasteiger partial charge in [0.1, 0.15) is 22.8 Å². The number of furan rings is 1. The number of ether oxygens (including phenoxy) is 2. The Morgan fingerprint density at radius 2 is 1.02 bits per heavy atom. The monoisotopic (exact) mass is 627 g/mol. The van der Waals surface area contributed by atoms with Crippen molar-refractivity contribution in [2.24, 2.45) is 0 Å². The summed E-state index contributed by atoms with van der Waals surface area (Å²) in [5.41, 5.74) is 7.94. The zero-order valence-electron chi connectivity index (χ0n) is 26.3. The second-order valence-electron chi connectivity index (χ2n) is 12.8. The Morgan fingerprint density at radius 3 is 1.67 bits per heavy atom. The smallest absolute Gasteiger partial charge is 0.260 e. The number of benzene rings is 8. The summed E-state index contributed by atoms with van der Waals surface area (Å²) in [5.74, 6) is 3.30. The predicted octanol–water partition coefficient (Wildman–Crippen LogP) is 10.1. The fourth-order valence-electron chi connectivity index (χ4n) is 7.95. The first-order chi connectivity index (χ1) is 24.3. The van der Waals surface area contributed by atoms with E-state index < -0.39 is 0 Å². The van der Waals surface area contributed by atoms with Gasteiger partial charge in [0.2, 0.25) is 0 Å². The second kappa shape index (κ2) is 10.0. The third-order valence-corrected chi connectivity index (χ3v) is 10.1. The predicted molar refractivity (Wildman–Crippen MR) is 201 cm³/mol. The first-order valence-electron chi connectivity index (χ1n) is 16.6. The maximum Gasteiger partial charge on any atom is 0.260 e. The van der Waals surface area contributed by atoms with E-state index in [-0.39, 0.29) is 6.71 Å². The molecule has 0 N–H and O–H groups in total. The standard InChI is InChI=1S/C44H26BNO3/c1-3-13-29(14-4-1)46(30-15-5-2-6-16-30)31-21-22-34-35-26-39-40-44(43(35)47-38(34)25-31)49-42-33-18-10-8-12-28(33)20-24-37(42)45(40)36-23-19-27-11-7-9-17-32(27)41(36)48-39/h1-26H. The third-order valence-electron chi connectivity index (χ3n) is 10.1. The van der Waals surface area contributed by atoms with Gasteiger partial charge in [0.25, 0.3) is 6.71 Å². The molecule has 9 aromatic rings. The average molecular weight is 628 g/mol. The molecule has 0 fully saturated rings. The van der Waals surface area contributed by atoms with Crippen LogP contribution in [0.15, 0.2) is 162 Å². The molecule has 3 heterocycles. The number of para-hydroxylation sites is 2. The van der Waals surface area contributed by atoms with E-state index in [9.17, 15) is 0 Å². The minimum Gasteiger partial charge on any atom is -0.458 e. The lowest BCUT2D eigenvalue weighted by atomic mass is 9.34. The van der Waals surface area contributed by atoms with Gasteiger partial charge in [0.05, 0.1) is 0 Å². The van der Waals surface area contributed by atoms with Crippen molar-refractivity contribution in [1.29, 1.82) is 0 Å². The van der Waals surface area contributed by atoms with Gasteiger partial charge in [-0.1, -0.05) is 109 Å². The molecule has 2 aliphatic heterocycles. The second-order valence-corrected chi connectivity index (χ2v) is 12.8. The van der Waals surface area contributed by atoms with Gasteiger partial charge in [-0.3, -0.25) is 0 Å². The molecule has 0 saturated carbocycles. The molecule has 0 saturated heterocycles. The largest absolute Gasteiger partial charge is 0.458 e. The molecular weight excluding hydrogens is 601 g/mol. The van der Waals surface area contributed by atoms with Gasteiger partial charge in [-0.2, -0.15) is 0 Å². The van der Waals surface area contributed by atoms with Crippen molar-refractivity contribution in [3.8, 4) is 23.0 Å². The van der Waals surface area contributed by atoms with Gasteiger partial charge in [0, 0.05) is 50.1 Å². The molecule has 0 atom stereocenters. The van der Waals surface area contributed by atoms with E-state index in [0.29, 0.717) is 0 Å². The molecule has 0 unspecified atom stereocenters. The Kier molecular flexibility index (Phi) is 5.44. The molecule has 0 aliphatic carbocycles. The molecule has 228 valence electrons. The van der Waals surface area contributed by atoms with Crippen LogP contribution in [0.3, 0.4) is 0 Å². The van der Waals surface area contributed by atoms with E-state index in [1.165, 1.54) is 0 Å². The van der Waals surface area contributed by atoms with Crippen molar-refractivity contribution in [2.45, 2.75) is 0 Å². The molecular formula is C44H26BNO3. The minimum atomic E-state index is -0.0773. The maximum atomic E-state index is 7.02. The Hall–Kier alpha value is -6.46. The summed E-state index contributed by atoms with van der Waals surface area (Å²) in [7, 11) is 0. The number of hydrogen-bond acceptors (Lipinski definition) is 4. The summed E-state index contributed by atoms with van der Waals surface area (Å²) < 4.78 is 20.8. The van der Waals surface area contributed by atoms with Gasteiger partial charge in [-0.15, -0.1) is 0 Å². The quantitative estimate of drug-likeness (QED) is 0.183. The molecule has 0 radical (unpaired) electrons. The SMILES string of the molecule is c1ccc(N(c2ccccc2)c2ccc3c(c2)oc2c4c5c(cc23)Oc2c(ccc3ccccc23)B5c2ccc3ccccc3c2O4)cc1. The van der Waals surface area contributed by atoms with Crippen LogP contribution >= 0.6 is 0 Å². The lowest BCUT2D eigenvalue weighted by Gasteiger charge is -2.33. The van der Waals surface area contributed by atoms with Gasteiger partial charge in [-0.25, -0.2) is 0 Å². The zero-order chi connectivity index (χ0) is 32.1. The molecule has 1 aromatic heterocycles.